The van der Waals surface area contributed by atoms with Gasteiger partial charge < -0.3 is 5.73 Å². The summed E-state index contributed by atoms with van der Waals surface area (Å²) < 4.78 is 28.9. The molecule has 2 aromatic rings. The first kappa shape index (κ1) is 14.2. The number of anilines is 1. The molecular weight excluding hydrogens is 316 g/mol. The van der Waals surface area contributed by atoms with Gasteiger partial charge in [0.25, 0.3) is 10.0 Å². The third-order valence-electron chi connectivity index (χ3n) is 3.62. The maximum absolute atomic E-state index is 12.9. The lowest BCUT2D eigenvalue weighted by molar-refractivity contribution is 0.339. The van der Waals surface area contributed by atoms with Crippen LogP contribution in [0.2, 0.25) is 0 Å². The molecule has 0 amide bonds. The van der Waals surface area contributed by atoms with E-state index in [1.165, 1.54) is 11.3 Å². The van der Waals surface area contributed by atoms with Crippen LogP contribution < -0.4 is 5.73 Å². The molecule has 3 heterocycles. The SMILES string of the molecule is CC1SCCN(S(=O)(=O)c2c(N)nc3sccn23)C1C. The Kier molecular flexibility index (Phi) is 3.47. The normalized spacial score (nSPS) is 25.3. The molecule has 0 saturated carbocycles. The molecule has 0 aromatic carbocycles. The Hall–Kier alpha value is -0.770. The number of rotatable bonds is 2. The van der Waals surface area contributed by atoms with Gasteiger partial charge in [-0.1, -0.05) is 6.92 Å². The van der Waals surface area contributed by atoms with Crippen molar-refractivity contribution in [1.29, 1.82) is 0 Å². The Balaban J connectivity index is 2.12. The summed E-state index contributed by atoms with van der Waals surface area (Å²) in [5, 5.41) is 2.17. The van der Waals surface area contributed by atoms with Gasteiger partial charge in [-0.25, -0.2) is 13.4 Å². The molecule has 2 unspecified atom stereocenters. The summed E-state index contributed by atoms with van der Waals surface area (Å²) in [6.07, 6.45) is 1.70. The molecular formula is C11H16N4O2S3. The van der Waals surface area contributed by atoms with Crippen molar-refractivity contribution in [2.45, 2.75) is 30.2 Å². The van der Waals surface area contributed by atoms with Crippen LogP contribution in [0.25, 0.3) is 4.96 Å². The van der Waals surface area contributed by atoms with E-state index in [1.807, 2.05) is 6.92 Å². The molecule has 0 spiro atoms. The van der Waals surface area contributed by atoms with Gasteiger partial charge >= 0.3 is 0 Å². The van der Waals surface area contributed by atoms with Crippen LogP contribution in [0.3, 0.4) is 0 Å². The summed E-state index contributed by atoms with van der Waals surface area (Å²) >= 11 is 3.17. The molecule has 2 atom stereocenters. The van der Waals surface area contributed by atoms with Crippen LogP contribution in [0, 0.1) is 0 Å². The van der Waals surface area contributed by atoms with E-state index < -0.39 is 10.0 Å². The van der Waals surface area contributed by atoms with Crippen molar-refractivity contribution in [3.63, 3.8) is 0 Å². The number of nitrogens with zero attached hydrogens (tertiary/aromatic N) is 3. The Morgan fingerprint density at radius 2 is 2.20 bits per heavy atom. The van der Waals surface area contributed by atoms with Gasteiger partial charge in [0.1, 0.15) is 0 Å². The lowest BCUT2D eigenvalue weighted by atomic mass is 10.2. The van der Waals surface area contributed by atoms with Crippen LogP contribution in [0.4, 0.5) is 5.82 Å². The average molecular weight is 332 g/mol. The molecule has 0 bridgehead atoms. The van der Waals surface area contributed by atoms with Crippen LogP contribution in [0.5, 0.6) is 0 Å². The van der Waals surface area contributed by atoms with Crippen LogP contribution in [-0.2, 0) is 10.0 Å². The van der Waals surface area contributed by atoms with Gasteiger partial charge in [0.2, 0.25) is 0 Å². The monoisotopic (exact) mass is 332 g/mol. The van der Waals surface area contributed by atoms with Gasteiger partial charge in [0, 0.05) is 35.2 Å². The quantitative estimate of drug-likeness (QED) is 0.901. The maximum atomic E-state index is 12.9. The van der Waals surface area contributed by atoms with Crippen molar-refractivity contribution in [1.82, 2.24) is 13.7 Å². The van der Waals surface area contributed by atoms with Crippen LogP contribution in [-0.4, -0.2) is 45.7 Å². The van der Waals surface area contributed by atoms with Crippen LogP contribution >= 0.6 is 23.1 Å². The highest BCUT2D eigenvalue weighted by Crippen LogP contribution is 2.32. The second-order valence-corrected chi connectivity index (χ2v) is 8.95. The zero-order valence-electron chi connectivity index (χ0n) is 11.2. The van der Waals surface area contributed by atoms with Crippen molar-refractivity contribution in [3.8, 4) is 0 Å². The number of hydrogen-bond donors (Lipinski definition) is 1. The predicted molar refractivity (Wildman–Crippen MR) is 82.8 cm³/mol. The number of imidazole rings is 1. The molecule has 1 aliphatic heterocycles. The number of nitrogen functional groups attached to an aromatic ring is 1. The third kappa shape index (κ3) is 2.03. The summed E-state index contributed by atoms with van der Waals surface area (Å²) in [6.45, 7) is 4.50. The number of thiazole rings is 1. The molecule has 6 nitrogen and oxygen atoms in total. The lowest BCUT2D eigenvalue weighted by Gasteiger charge is -2.36. The van der Waals surface area contributed by atoms with Crippen LogP contribution in [0.15, 0.2) is 16.6 Å². The molecule has 20 heavy (non-hydrogen) atoms. The van der Waals surface area contributed by atoms with Gasteiger partial charge in [-0.2, -0.15) is 16.1 Å². The first-order chi connectivity index (χ1) is 9.43. The Labute approximate surface area is 126 Å². The smallest absolute Gasteiger partial charge is 0.263 e. The van der Waals surface area contributed by atoms with E-state index in [1.54, 1.807) is 32.0 Å². The summed E-state index contributed by atoms with van der Waals surface area (Å²) in [5.74, 6) is 0.880. The van der Waals surface area contributed by atoms with Gasteiger partial charge in [-0.3, -0.25) is 4.40 Å². The predicted octanol–water partition coefficient (Wildman–Crippen LogP) is 1.49. The van der Waals surface area contributed by atoms with Gasteiger partial charge in [0.15, 0.2) is 15.8 Å². The topological polar surface area (TPSA) is 80.7 Å². The largest absolute Gasteiger partial charge is 0.381 e. The highest BCUT2D eigenvalue weighted by atomic mass is 32.2. The fourth-order valence-electron chi connectivity index (χ4n) is 2.39. The van der Waals surface area contributed by atoms with E-state index in [9.17, 15) is 8.42 Å². The van der Waals surface area contributed by atoms with Crippen molar-refractivity contribution in [3.05, 3.63) is 11.6 Å². The Morgan fingerprint density at radius 3 is 2.95 bits per heavy atom. The van der Waals surface area contributed by atoms with Crippen molar-refractivity contribution in [2.24, 2.45) is 0 Å². The summed E-state index contributed by atoms with van der Waals surface area (Å²) in [7, 11) is -3.63. The molecule has 1 fully saturated rings. The van der Waals surface area contributed by atoms with Gasteiger partial charge in [-0.15, -0.1) is 11.3 Å². The van der Waals surface area contributed by atoms with E-state index in [-0.39, 0.29) is 22.1 Å². The summed E-state index contributed by atoms with van der Waals surface area (Å²) in [5.41, 5.74) is 5.83. The maximum Gasteiger partial charge on any atom is 0.263 e. The van der Waals surface area contributed by atoms with Crippen molar-refractivity contribution in [2.75, 3.05) is 18.0 Å². The minimum atomic E-state index is -3.63. The van der Waals surface area contributed by atoms with E-state index in [0.29, 0.717) is 11.5 Å². The number of sulfonamides is 1. The van der Waals surface area contributed by atoms with Gasteiger partial charge in [0.05, 0.1) is 0 Å². The highest BCUT2D eigenvalue weighted by Gasteiger charge is 2.38. The Bertz CT molecular complexity index is 736. The number of nitrogens with two attached hydrogens (primary N) is 1. The molecule has 0 aliphatic carbocycles. The molecule has 0 radical (unpaired) electrons. The number of aromatic nitrogens is 2. The molecule has 9 heteroatoms. The fraction of sp³-hybridized carbons (Fsp3) is 0.545. The number of fused-ring (bicyclic) bond motifs is 1. The molecule has 110 valence electrons. The second-order valence-electron chi connectivity index (χ2n) is 4.79. The minimum absolute atomic E-state index is 0.0534. The summed E-state index contributed by atoms with van der Waals surface area (Å²) in [4.78, 5) is 4.73. The number of hydrogen-bond acceptors (Lipinski definition) is 6. The highest BCUT2D eigenvalue weighted by molar-refractivity contribution is 8.00. The fourth-order valence-corrected chi connectivity index (χ4v) is 6.34. The average Bonchev–Trinajstić information content (AvgIpc) is 2.91. The van der Waals surface area contributed by atoms with E-state index in [0.717, 1.165) is 5.75 Å². The van der Waals surface area contributed by atoms with E-state index in [2.05, 4.69) is 11.9 Å². The first-order valence-electron chi connectivity index (χ1n) is 6.27. The van der Waals surface area contributed by atoms with Gasteiger partial charge in [-0.05, 0) is 6.92 Å². The third-order valence-corrected chi connectivity index (χ3v) is 7.74. The lowest BCUT2D eigenvalue weighted by Crippen LogP contribution is -2.48. The van der Waals surface area contributed by atoms with E-state index in [4.69, 9.17) is 5.73 Å². The molecule has 2 N–H and O–H groups in total. The van der Waals surface area contributed by atoms with Crippen molar-refractivity contribution < 1.29 is 8.42 Å². The van der Waals surface area contributed by atoms with Crippen molar-refractivity contribution >= 4 is 43.9 Å². The number of thioether (sulfide) groups is 1. The Morgan fingerprint density at radius 1 is 1.45 bits per heavy atom. The molecule has 3 rings (SSSR count). The second kappa shape index (κ2) is 4.90. The minimum Gasteiger partial charge on any atom is -0.381 e. The standard InChI is InChI=1S/C11H16N4O2S3/c1-7-8(2)18-6-4-15(7)20(16,17)10-9(12)13-11-14(10)3-5-19-11/h3,5,7-8H,4,6,12H2,1-2H3. The molecule has 1 saturated heterocycles. The molecule has 1 aliphatic rings. The first-order valence-corrected chi connectivity index (χ1v) is 9.64. The van der Waals surface area contributed by atoms with E-state index >= 15 is 0 Å². The summed E-state index contributed by atoms with van der Waals surface area (Å²) in [6, 6.07) is -0.0534. The molecule has 2 aromatic heterocycles. The zero-order valence-corrected chi connectivity index (χ0v) is 13.6. The van der Waals surface area contributed by atoms with Crippen LogP contribution in [0.1, 0.15) is 13.8 Å². The zero-order chi connectivity index (χ0) is 14.5.